The van der Waals surface area contributed by atoms with Crippen molar-refractivity contribution in [3.05, 3.63) is 83.6 Å². The Hall–Kier alpha value is -4.98. The molecule has 0 bridgehead atoms. The van der Waals surface area contributed by atoms with Crippen LogP contribution in [-0.4, -0.2) is 53.7 Å². The Labute approximate surface area is 251 Å². The Bertz CT molecular complexity index is 1580. The van der Waals surface area contributed by atoms with Gasteiger partial charge in [0, 0.05) is 18.3 Å². The number of urea groups is 1. The van der Waals surface area contributed by atoms with Gasteiger partial charge in [0.05, 0.1) is 43.0 Å². The monoisotopic (exact) mass is 614 g/mol. The summed E-state index contributed by atoms with van der Waals surface area (Å²) in [4.78, 5) is 26.8. The molecular formula is C30H30F4N6O4. The number of hydrogen-bond donors (Lipinski definition) is 2. The van der Waals surface area contributed by atoms with Crippen molar-refractivity contribution >= 4 is 17.4 Å². The number of hydrogen-bond acceptors (Lipinski definition) is 8. The minimum Gasteiger partial charge on any atom is -0.497 e. The topological polar surface area (TPSA) is 111 Å². The molecule has 0 saturated carbocycles. The van der Waals surface area contributed by atoms with Gasteiger partial charge in [-0.1, -0.05) is 12.1 Å². The molecule has 2 heterocycles. The first-order valence-electron chi connectivity index (χ1n) is 13.3. The third kappa shape index (κ3) is 8.31. The maximum Gasteiger partial charge on any atom is 0.416 e. The fraction of sp³-hybridized carbons (Fsp3) is 0.267. The van der Waals surface area contributed by atoms with Crippen LogP contribution in [0.25, 0.3) is 11.4 Å². The molecule has 0 aliphatic rings. The quantitative estimate of drug-likeness (QED) is 0.187. The van der Waals surface area contributed by atoms with Gasteiger partial charge < -0.3 is 29.7 Å². The summed E-state index contributed by atoms with van der Waals surface area (Å²) in [6, 6.07) is 9.40. The summed E-state index contributed by atoms with van der Waals surface area (Å²) in [6.07, 6.45) is -0.669. The first kappa shape index (κ1) is 31.9. The highest BCUT2D eigenvalue weighted by Gasteiger charge is 2.34. The van der Waals surface area contributed by atoms with Crippen molar-refractivity contribution in [3.8, 4) is 28.8 Å². The van der Waals surface area contributed by atoms with Crippen molar-refractivity contribution < 1.29 is 36.6 Å². The minimum atomic E-state index is -4.74. The zero-order valence-corrected chi connectivity index (χ0v) is 24.3. The molecule has 0 aliphatic carbocycles. The molecule has 0 unspecified atom stereocenters. The average molecular weight is 615 g/mol. The van der Waals surface area contributed by atoms with E-state index < -0.39 is 29.3 Å². The molecule has 0 spiro atoms. The lowest BCUT2D eigenvalue weighted by atomic mass is 10.0. The van der Waals surface area contributed by atoms with Gasteiger partial charge in [-0.25, -0.2) is 24.1 Å². The highest BCUT2D eigenvalue weighted by molar-refractivity contribution is 5.99. The van der Waals surface area contributed by atoms with Crippen LogP contribution in [0.1, 0.15) is 23.6 Å². The molecule has 0 atom stereocenters. The van der Waals surface area contributed by atoms with Crippen LogP contribution in [0.3, 0.4) is 0 Å². The van der Waals surface area contributed by atoms with Crippen molar-refractivity contribution in [2.24, 2.45) is 0 Å². The van der Waals surface area contributed by atoms with E-state index in [-0.39, 0.29) is 36.1 Å². The Morgan fingerprint density at radius 2 is 1.66 bits per heavy atom. The lowest BCUT2D eigenvalue weighted by Gasteiger charge is -2.18. The van der Waals surface area contributed by atoms with E-state index in [1.54, 1.807) is 27.3 Å². The first-order chi connectivity index (χ1) is 21.0. The largest absolute Gasteiger partial charge is 0.497 e. The molecule has 2 N–H and O–H groups in total. The number of benzene rings is 2. The Kier molecular flexibility index (Phi) is 10.2. The van der Waals surface area contributed by atoms with Crippen molar-refractivity contribution in [2.45, 2.75) is 26.3 Å². The Morgan fingerprint density at radius 1 is 0.955 bits per heavy atom. The van der Waals surface area contributed by atoms with E-state index in [0.717, 1.165) is 17.4 Å². The van der Waals surface area contributed by atoms with Gasteiger partial charge in [0.15, 0.2) is 11.6 Å². The van der Waals surface area contributed by atoms with Crippen LogP contribution in [0.15, 0.2) is 61.1 Å². The number of rotatable bonds is 11. The highest BCUT2D eigenvalue weighted by atomic mass is 19.4. The molecule has 0 fully saturated rings. The van der Waals surface area contributed by atoms with E-state index in [1.165, 1.54) is 23.5 Å². The smallest absolute Gasteiger partial charge is 0.416 e. The summed E-state index contributed by atoms with van der Waals surface area (Å²) in [7, 11) is 4.72. The number of methoxy groups -OCH3 is 1. The average Bonchev–Trinajstić information content (AvgIpc) is 2.97. The molecule has 2 aromatic heterocycles. The lowest BCUT2D eigenvalue weighted by molar-refractivity contribution is -0.138. The number of nitrogens with zero attached hydrogens (tertiary/aromatic N) is 4. The molecule has 4 aromatic rings. The van der Waals surface area contributed by atoms with E-state index in [1.807, 2.05) is 31.2 Å². The number of alkyl halides is 3. The summed E-state index contributed by atoms with van der Waals surface area (Å²) >= 11 is 0. The first-order valence-corrected chi connectivity index (χ1v) is 13.3. The van der Waals surface area contributed by atoms with Gasteiger partial charge in [-0.15, -0.1) is 0 Å². The number of amides is 2. The number of aromatic nitrogens is 3. The van der Waals surface area contributed by atoms with Crippen LogP contribution >= 0.6 is 0 Å². The van der Waals surface area contributed by atoms with Gasteiger partial charge in [0.1, 0.15) is 18.2 Å². The summed E-state index contributed by atoms with van der Waals surface area (Å²) < 4.78 is 72.1. The number of carbonyl (C=O) groups excluding carboxylic acids is 1. The summed E-state index contributed by atoms with van der Waals surface area (Å²) in [5.74, 6) is 0.624. The fourth-order valence-corrected chi connectivity index (χ4v) is 4.07. The molecule has 44 heavy (non-hydrogen) atoms. The molecule has 4 rings (SSSR count). The third-order valence-corrected chi connectivity index (χ3v) is 6.05. The van der Waals surface area contributed by atoms with E-state index >= 15 is 0 Å². The minimum absolute atomic E-state index is 0.115. The van der Waals surface area contributed by atoms with Gasteiger partial charge in [-0.3, -0.25) is 0 Å². The lowest BCUT2D eigenvalue weighted by Crippen LogP contribution is -2.22. The number of pyridine rings is 1. The van der Waals surface area contributed by atoms with E-state index in [0.29, 0.717) is 24.0 Å². The zero-order chi connectivity index (χ0) is 31.9. The van der Waals surface area contributed by atoms with Crippen molar-refractivity contribution in [3.63, 3.8) is 0 Å². The van der Waals surface area contributed by atoms with Crippen LogP contribution in [0.2, 0.25) is 0 Å². The van der Waals surface area contributed by atoms with Gasteiger partial charge in [-0.2, -0.15) is 13.2 Å². The molecule has 14 heteroatoms. The molecule has 10 nitrogen and oxygen atoms in total. The van der Waals surface area contributed by atoms with Crippen LogP contribution in [-0.2, 0) is 19.3 Å². The van der Waals surface area contributed by atoms with Crippen molar-refractivity contribution in [1.29, 1.82) is 0 Å². The third-order valence-electron chi connectivity index (χ3n) is 6.05. The van der Waals surface area contributed by atoms with E-state index in [2.05, 4.69) is 25.6 Å². The number of nitrogens with one attached hydrogen (secondary N) is 2. The standard InChI is InChI=1S/C30H30F4N6O4/c1-5-43-26-11-19(13-37-28(26)44-17-18-6-8-22(42-4)9-7-18)27-35-14-21(15-36-27)38-29(41)39-25-12-23(30(32,33)34)20(10-24(25)31)16-40(2)3/h6-15H,5,16-17H2,1-4H3,(H2,38,39,41). The summed E-state index contributed by atoms with van der Waals surface area (Å²) in [5, 5.41) is 4.50. The Morgan fingerprint density at radius 3 is 2.27 bits per heavy atom. The predicted octanol–water partition coefficient (Wildman–Crippen LogP) is 6.39. The van der Waals surface area contributed by atoms with Gasteiger partial charge in [-0.05, 0) is 62.5 Å². The second kappa shape index (κ2) is 14.0. The molecule has 2 aromatic carbocycles. The highest BCUT2D eigenvalue weighted by Crippen LogP contribution is 2.36. The fourth-order valence-electron chi connectivity index (χ4n) is 4.07. The molecule has 0 radical (unpaired) electrons. The maximum absolute atomic E-state index is 14.6. The van der Waals surface area contributed by atoms with Crippen LogP contribution in [0.4, 0.5) is 33.7 Å². The maximum atomic E-state index is 14.6. The van der Waals surface area contributed by atoms with Crippen LogP contribution in [0.5, 0.6) is 17.4 Å². The van der Waals surface area contributed by atoms with Crippen LogP contribution in [0, 0.1) is 5.82 Å². The van der Waals surface area contributed by atoms with Crippen molar-refractivity contribution in [1.82, 2.24) is 19.9 Å². The number of halogens is 4. The van der Waals surface area contributed by atoms with Gasteiger partial charge >= 0.3 is 12.2 Å². The predicted molar refractivity (Wildman–Crippen MR) is 155 cm³/mol. The summed E-state index contributed by atoms with van der Waals surface area (Å²) in [6.45, 7) is 2.28. The zero-order valence-electron chi connectivity index (χ0n) is 24.3. The van der Waals surface area contributed by atoms with Crippen molar-refractivity contribution in [2.75, 3.05) is 38.4 Å². The normalized spacial score (nSPS) is 11.3. The molecule has 0 aliphatic heterocycles. The molecule has 0 saturated heterocycles. The second-order valence-corrected chi connectivity index (χ2v) is 9.70. The van der Waals surface area contributed by atoms with E-state index in [4.69, 9.17) is 14.2 Å². The number of ether oxygens (including phenoxy) is 3. The van der Waals surface area contributed by atoms with Gasteiger partial charge in [0.25, 0.3) is 5.88 Å². The van der Waals surface area contributed by atoms with Gasteiger partial charge in [0.2, 0.25) is 0 Å². The molecular weight excluding hydrogens is 584 g/mol. The molecule has 2 amide bonds. The summed E-state index contributed by atoms with van der Waals surface area (Å²) in [5.41, 5.74) is -0.412. The van der Waals surface area contributed by atoms with Crippen LogP contribution < -0.4 is 24.8 Å². The SMILES string of the molecule is CCOc1cc(-c2ncc(NC(=O)Nc3cc(C(F)(F)F)c(CN(C)C)cc3F)cn2)cnc1OCc1ccc(OC)cc1. The number of carbonyl (C=O) groups is 1. The number of anilines is 2. The van der Waals surface area contributed by atoms with E-state index in [9.17, 15) is 22.4 Å². The molecule has 232 valence electrons. The second-order valence-electron chi connectivity index (χ2n) is 9.70. The Balaban J connectivity index is 1.44.